The van der Waals surface area contributed by atoms with Crippen molar-refractivity contribution in [3.63, 3.8) is 0 Å². The Labute approximate surface area is 252 Å². The first-order valence-corrected chi connectivity index (χ1v) is 13.5. The Morgan fingerprint density at radius 1 is 0.932 bits per heavy atom. The Kier molecular flexibility index (Phi) is 11.4. The average Bonchev–Trinajstić information content (AvgIpc) is 2.95. The summed E-state index contributed by atoms with van der Waals surface area (Å²) in [6, 6.07) is 16.4. The summed E-state index contributed by atoms with van der Waals surface area (Å²) >= 11 is 0. The molecule has 1 fully saturated rings. The van der Waals surface area contributed by atoms with Crippen molar-refractivity contribution in [2.24, 2.45) is 0 Å². The summed E-state index contributed by atoms with van der Waals surface area (Å²) in [5.41, 5.74) is -1.07. The second kappa shape index (κ2) is 15.0. The molecule has 234 valence electrons. The van der Waals surface area contributed by atoms with Crippen molar-refractivity contribution in [2.75, 3.05) is 13.1 Å². The quantitative estimate of drug-likeness (QED) is 0.212. The van der Waals surface area contributed by atoms with E-state index in [4.69, 9.17) is 25.2 Å². The minimum atomic E-state index is -2.74. The van der Waals surface area contributed by atoms with Gasteiger partial charge in [0, 0.05) is 39.0 Å². The molecule has 2 aromatic carbocycles. The highest BCUT2D eigenvalue weighted by molar-refractivity contribution is 5.88. The van der Waals surface area contributed by atoms with Gasteiger partial charge in [0.15, 0.2) is 5.60 Å². The third-order valence-electron chi connectivity index (χ3n) is 6.89. The number of piperidine rings is 1. The molecular weight excluding hydrogens is 579 g/mol. The molecule has 1 aliphatic heterocycles. The van der Waals surface area contributed by atoms with E-state index in [0.717, 1.165) is 38.0 Å². The van der Waals surface area contributed by atoms with E-state index in [0.29, 0.717) is 11.8 Å². The molecule has 4 rings (SSSR count). The first-order chi connectivity index (χ1) is 20.8. The largest absolute Gasteiger partial charge is 0.481 e. The number of nitrogens with zero attached hydrogens (tertiary/aromatic N) is 3. The minimum Gasteiger partial charge on any atom is -0.481 e. The van der Waals surface area contributed by atoms with Crippen LogP contribution in [0.2, 0.25) is 0 Å². The van der Waals surface area contributed by atoms with Crippen LogP contribution in [0.3, 0.4) is 0 Å². The molecule has 14 heteroatoms. The third kappa shape index (κ3) is 9.81. The fourth-order valence-corrected chi connectivity index (χ4v) is 4.76. The van der Waals surface area contributed by atoms with Crippen molar-refractivity contribution < 1.29 is 48.7 Å². The summed E-state index contributed by atoms with van der Waals surface area (Å²) in [4.78, 5) is 52.8. The summed E-state index contributed by atoms with van der Waals surface area (Å²) in [5.74, 6) is -4.68. The number of carboxylic acids is 3. The number of likely N-dealkylation sites (tertiary alicyclic amines) is 1. The number of benzene rings is 2. The Bertz CT molecular complexity index is 1410. The van der Waals surface area contributed by atoms with Crippen LogP contribution >= 0.6 is 0 Å². The molecule has 3 aromatic rings. The number of carbonyl (C=O) groups excluding carboxylic acids is 1. The van der Waals surface area contributed by atoms with Crippen LogP contribution in [-0.4, -0.2) is 77.8 Å². The zero-order chi connectivity index (χ0) is 32.3. The summed E-state index contributed by atoms with van der Waals surface area (Å²) in [5, 5.41) is 36.9. The van der Waals surface area contributed by atoms with Gasteiger partial charge in [0.05, 0.1) is 18.4 Å². The van der Waals surface area contributed by atoms with Crippen molar-refractivity contribution in [2.45, 2.75) is 50.3 Å². The SMILES string of the molecule is CC(=O)NC1(c2ccc(F)cc2)CCN(Cc2ccc(Oc3ncccn3)cc2)CC1.O=C(O)CC(O)(CC(=O)O)C(=O)O. The number of aliphatic carboxylic acids is 3. The fraction of sp³-hybridized carbons (Fsp3) is 0.333. The van der Waals surface area contributed by atoms with Gasteiger partial charge in [0.2, 0.25) is 5.91 Å². The standard InChI is InChI=1S/C24H25FN4O2.C6H8O7/c1-18(30)28-24(20-5-7-21(25)8-6-20)11-15-29(16-12-24)17-19-3-9-22(10-4-19)31-23-26-13-2-14-27-23;7-3(8)1-6(13,5(11)12)2-4(9)10/h2-10,13-14H,11-12,15-17H2,1H3,(H,28,30);13H,1-2H2,(H,7,8)(H,9,10)(H,11,12). The molecule has 1 amide bonds. The monoisotopic (exact) mass is 612 g/mol. The number of nitrogens with one attached hydrogen (secondary N) is 1. The van der Waals surface area contributed by atoms with Gasteiger partial charge in [-0.3, -0.25) is 19.3 Å². The van der Waals surface area contributed by atoms with E-state index < -0.39 is 41.9 Å². The van der Waals surface area contributed by atoms with Crippen LogP contribution in [-0.2, 0) is 31.3 Å². The highest BCUT2D eigenvalue weighted by atomic mass is 19.1. The van der Waals surface area contributed by atoms with E-state index in [-0.39, 0.29) is 11.7 Å². The predicted molar refractivity (Wildman–Crippen MR) is 152 cm³/mol. The van der Waals surface area contributed by atoms with Crippen molar-refractivity contribution in [1.29, 1.82) is 0 Å². The molecule has 0 saturated carbocycles. The second-order valence-electron chi connectivity index (χ2n) is 10.3. The van der Waals surface area contributed by atoms with Gasteiger partial charge in [-0.2, -0.15) is 0 Å². The van der Waals surface area contributed by atoms with Gasteiger partial charge >= 0.3 is 23.9 Å². The van der Waals surface area contributed by atoms with Gasteiger partial charge < -0.3 is 30.5 Å². The zero-order valence-corrected chi connectivity index (χ0v) is 23.9. The molecule has 44 heavy (non-hydrogen) atoms. The van der Waals surface area contributed by atoms with E-state index in [1.807, 2.05) is 24.3 Å². The lowest BCUT2D eigenvalue weighted by Crippen LogP contribution is -2.52. The smallest absolute Gasteiger partial charge is 0.336 e. The molecule has 0 radical (unpaired) electrons. The molecule has 13 nitrogen and oxygen atoms in total. The molecule has 0 atom stereocenters. The Morgan fingerprint density at radius 2 is 1.48 bits per heavy atom. The number of ether oxygens (including phenoxy) is 1. The van der Waals surface area contributed by atoms with Gasteiger partial charge in [0.25, 0.3) is 0 Å². The maximum absolute atomic E-state index is 13.4. The number of rotatable bonds is 11. The van der Waals surface area contributed by atoms with Crippen molar-refractivity contribution >= 4 is 23.8 Å². The number of carboxylic acid groups (broad SMARTS) is 3. The van der Waals surface area contributed by atoms with Crippen LogP contribution in [0.15, 0.2) is 67.0 Å². The zero-order valence-electron chi connectivity index (χ0n) is 23.9. The molecule has 0 unspecified atom stereocenters. The van der Waals surface area contributed by atoms with Crippen molar-refractivity contribution in [1.82, 2.24) is 20.2 Å². The average molecular weight is 613 g/mol. The van der Waals surface area contributed by atoms with Gasteiger partial charge in [-0.1, -0.05) is 24.3 Å². The number of aliphatic hydroxyl groups is 1. The molecule has 1 aliphatic rings. The summed E-state index contributed by atoms with van der Waals surface area (Å²) in [7, 11) is 0. The highest BCUT2D eigenvalue weighted by Gasteiger charge is 2.41. The van der Waals surface area contributed by atoms with Gasteiger partial charge in [-0.05, 0) is 54.3 Å². The molecular formula is C30H33FN4O9. The number of amides is 1. The lowest BCUT2D eigenvalue weighted by molar-refractivity contribution is -0.170. The van der Waals surface area contributed by atoms with Crippen LogP contribution < -0.4 is 10.1 Å². The van der Waals surface area contributed by atoms with Crippen LogP contribution in [0, 0.1) is 5.82 Å². The van der Waals surface area contributed by atoms with Gasteiger partial charge in [-0.15, -0.1) is 0 Å². The van der Waals surface area contributed by atoms with E-state index in [9.17, 15) is 23.6 Å². The molecule has 0 bridgehead atoms. The van der Waals surface area contributed by atoms with Crippen LogP contribution in [0.4, 0.5) is 4.39 Å². The maximum atomic E-state index is 13.4. The number of halogens is 1. The van der Waals surface area contributed by atoms with Gasteiger partial charge in [-0.25, -0.2) is 19.2 Å². The lowest BCUT2D eigenvalue weighted by atomic mass is 9.80. The topological polar surface area (TPSA) is 199 Å². The normalized spacial score (nSPS) is 14.4. The number of hydrogen-bond acceptors (Lipinski definition) is 9. The number of carbonyl (C=O) groups is 4. The highest BCUT2D eigenvalue weighted by Crippen LogP contribution is 2.34. The molecule has 1 aromatic heterocycles. The minimum absolute atomic E-state index is 0.0734. The van der Waals surface area contributed by atoms with E-state index in [2.05, 4.69) is 20.2 Å². The second-order valence-corrected chi connectivity index (χ2v) is 10.3. The molecule has 1 saturated heterocycles. The fourth-order valence-electron chi connectivity index (χ4n) is 4.76. The number of hydrogen-bond donors (Lipinski definition) is 5. The molecule has 5 N–H and O–H groups in total. The predicted octanol–water partition coefficient (Wildman–Crippen LogP) is 2.79. The van der Waals surface area contributed by atoms with Crippen molar-refractivity contribution in [3.8, 4) is 11.8 Å². The van der Waals surface area contributed by atoms with E-state index in [1.165, 1.54) is 24.6 Å². The van der Waals surface area contributed by atoms with Crippen LogP contribution in [0.1, 0.15) is 43.7 Å². The van der Waals surface area contributed by atoms with E-state index in [1.54, 1.807) is 30.6 Å². The van der Waals surface area contributed by atoms with Crippen LogP contribution in [0.5, 0.6) is 11.8 Å². The molecule has 0 spiro atoms. The van der Waals surface area contributed by atoms with Crippen LogP contribution in [0.25, 0.3) is 0 Å². The van der Waals surface area contributed by atoms with E-state index >= 15 is 0 Å². The summed E-state index contributed by atoms with van der Waals surface area (Å²) in [6.07, 6.45) is 2.53. The number of aromatic nitrogens is 2. The molecule has 0 aliphatic carbocycles. The Balaban J connectivity index is 0.000000345. The lowest BCUT2D eigenvalue weighted by Gasteiger charge is -2.42. The summed E-state index contributed by atoms with van der Waals surface area (Å²) < 4.78 is 19.0. The van der Waals surface area contributed by atoms with Crippen molar-refractivity contribution in [3.05, 3.63) is 83.9 Å². The maximum Gasteiger partial charge on any atom is 0.336 e. The third-order valence-corrected chi connectivity index (χ3v) is 6.89. The summed E-state index contributed by atoms with van der Waals surface area (Å²) in [6.45, 7) is 3.99. The Morgan fingerprint density at radius 3 is 1.95 bits per heavy atom. The Hall–Kier alpha value is -4.95. The first kappa shape index (κ1) is 33.6. The first-order valence-electron chi connectivity index (χ1n) is 13.5. The van der Waals surface area contributed by atoms with Gasteiger partial charge in [0.1, 0.15) is 11.6 Å². The molecule has 2 heterocycles.